The molecule has 3 aromatic rings. The lowest BCUT2D eigenvalue weighted by Gasteiger charge is -2.15. The Balaban J connectivity index is 1.61. The van der Waals surface area contributed by atoms with Crippen LogP contribution < -0.4 is 0 Å². The third-order valence-corrected chi connectivity index (χ3v) is 7.42. The van der Waals surface area contributed by atoms with Crippen LogP contribution in [-0.4, -0.2) is 27.0 Å². The van der Waals surface area contributed by atoms with Crippen molar-refractivity contribution in [3.63, 3.8) is 0 Å². The molecule has 0 spiro atoms. The van der Waals surface area contributed by atoms with Crippen LogP contribution in [0.3, 0.4) is 0 Å². The van der Waals surface area contributed by atoms with Crippen LogP contribution in [0, 0.1) is 10.1 Å². The summed E-state index contributed by atoms with van der Waals surface area (Å²) < 4.78 is 0. The number of fused-ring (bicyclic) bond motifs is 3. The van der Waals surface area contributed by atoms with Crippen molar-refractivity contribution in [2.45, 2.75) is 23.1 Å². The van der Waals surface area contributed by atoms with Gasteiger partial charge in [-0.2, -0.15) is 5.11 Å². The second kappa shape index (κ2) is 8.91. The van der Waals surface area contributed by atoms with Gasteiger partial charge < -0.3 is 5.11 Å². The third kappa shape index (κ3) is 4.57. The number of nitrogens with zero attached hydrogens (tertiary/aromatic N) is 4. The zero-order chi connectivity index (χ0) is 22.1. The summed E-state index contributed by atoms with van der Waals surface area (Å²) in [5.74, 6) is -0.558. The number of para-hydroxylation sites is 1. The molecule has 0 radical (unpaired) electrons. The summed E-state index contributed by atoms with van der Waals surface area (Å²) in [4.78, 5) is 28.7. The summed E-state index contributed by atoms with van der Waals surface area (Å²) in [6.07, 6.45) is -0.159. The first-order valence-corrected chi connectivity index (χ1v) is 11.4. The van der Waals surface area contributed by atoms with Gasteiger partial charge in [0.15, 0.2) is 6.04 Å². The second-order valence-corrected chi connectivity index (χ2v) is 9.37. The van der Waals surface area contributed by atoms with E-state index in [0.717, 1.165) is 21.0 Å². The highest BCUT2D eigenvalue weighted by molar-refractivity contribution is 7.98. The molecular formula is C19H12Cl2N4O4S2. The highest BCUT2D eigenvalue weighted by Gasteiger charge is 2.25. The van der Waals surface area contributed by atoms with E-state index in [0.29, 0.717) is 20.9 Å². The number of carbonyl (C=O) groups is 1. The summed E-state index contributed by atoms with van der Waals surface area (Å²) in [6, 6.07) is 8.23. The number of nitro groups is 1. The van der Waals surface area contributed by atoms with Gasteiger partial charge in [0.1, 0.15) is 0 Å². The Morgan fingerprint density at radius 2 is 2.03 bits per heavy atom. The maximum absolute atomic E-state index is 11.7. The monoisotopic (exact) mass is 494 g/mol. The number of thioether (sulfide) groups is 1. The number of azo groups is 1. The number of nitro benzene ring substituents is 1. The molecule has 1 aliphatic rings. The smallest absolute Gasteiger partial charge is 0.330 e. The van der Waals surface area contributed by atoms with E-state index in [1.54, 1.807) is 30.0 Å². The minimum Gasteiger partial charge on any atom is -0.480 e. The van der Waals surface area contributed by atoms with Crippen LogP contribution in [0.15, 0.2) is 51.5 Å². The largest absolute Gasteiger partial charge is 0.480 e. The van der Waals surface area contributed by atoms with Gasteiger partial charge in [-0.25, -0.2) is 9.78 Å². The zero-order valence-corrected chi connectivity index (χ0v) is 18.6. The minimum atomic E-state index is -1.28. The molecule has 4 rings (SSSR count). The average Bonchev–Trinajstić information content (AvgIpc) is 3.15. The van der Waals surface area contributed by atoms with Crippen LogP contribution in [0.25, 0.3) is 11.3 Å². The highest BCUT2D eigenvalue weighted by Crippen LogP contribution is 2.47. The van der Waals surface area contributed by atoms with Gasteiger partial charge in [0.2, 0.25) is 5.13 Å². The van der Waals surface area contributed by atoms with Crippen molar-refractivity contribution < 1.29 is 14.8 Å². The number of aliphatic carboxylic acids is 1. The van der Waals surface area contributed by atoms with Crippen LogP contribution in [0.2, 0.25) is 10.0 Å². The number of carboxylic acid groups (broad SMARTS) is 1. The van der Waals surface area contributed by atoms with Crippen molar-refractivity contribution in [3.8, 4) is 11.3 Å². The van der Waals surface area contributed by atoms with Gasteiger partial charge in [-0.05, 0) is 12.1 Å². The Bertz CT molecular complexity index is 1230. The van der Waals surface area contributed by atoms with Crippen LogP contribution in [0.1, 0.15) is 10.4 Å². The van der Waals surface area contributed by atoms with Gasteiger partial charge >= 0.3 is 5.97 Å². The first-order chi connectivity index (χ1) is 14.8. The van der Waals surface area contributed by atoms with Crippen molar-refractivity contribution in [2.75, 3.05) is 0 Å². The van der Waals surface area contributed by atoms with E-state index < -0.39 is 16.9 Å². The third-order valence-electron chi connectivity index (χ3n) is 4.49. The quantitative estimate of drug-likeness (QED) is 0.240. The van der Waals surface area contributed by atoms with Gasteiger partial charge in [0.25, 0.3) is 5.69 Å². The van der Waals surface area contributed by atoms with E-state index in [-0.39, 0.29) is 17.7 Å². The number of aromatic nitrogens is 1. The first-order valence-electron chi connectivity index (χ1n) is 8.81. The highest BCUT2D eigenvalue weighted by atomic mass is 35.5. The minimum absolute atomic E-state index is 0.155. The summed E-state index contributed by atoms with van der Waals surface area (Å²) in [5.41, 5.74) is 1.68. The second-order valence-electron chi connectivity index (χ2n) is 6.48. The van der Waals surface area contributed by atoms with Gasteiger partial charge in [-0.1, -0.05) is 52.7 Å². The lowest BCUT2D eigenvalue weighted by molar-refractivity contribution is -0.385. The molecule has 12 heteroatoms. The predicted octanol–water partition coefficient (Wildman–Crippen LogP) is 6.41. The lowest BCUT2D eigenvalue weighted by Crippen LogP contribution is -2.20. The van der Waals surface area contributed by atoms with E-state index in [2.05, 4.69) is 15.2 Å². The molecule has 2 aromatic carbocycles. The molecule has 31 heavy (non-hydrogen) atoms. The van der Waals surface area contributed by atoms with Gasteiger partial charge in [0, 0.05) is 39.1 Å². The first kappa shape index (κ1) is 21.7. The fourth-order valence-corrected chi connectivity index (χ4v) is 5.47. The average molecular weight is 495 g/mol. The molecule has 158 valence electrons. The molecule has 0 fully saturated rings. The van der Waals surface area contributed by atoms with Gasteiger partial charge in [-0.3, -0.25) is 10.1 Å². The SMILES string of the molecule is O=C(O)C(Cc1ccccc1[N+](=O)[O-])N=Nc1nc2c(s1)CSc1cc(Cl)c(Cl)cc1-2. The molecule has 8 nitrogen and oxygen atoms in total. The zero-order valence-electron chi connectivity index (χ0n) is 15.5. The Morgan fingerprint density at radius 1 is 1.29 bits per heavy atom. The number of halogens is 2. The topological polar surface area (TPSA) is 118 Å². The van der Waals surface area contributed by atoms with Gasteiger partial charge in [-0.15, -0.1) is 16.9 Å². The number of benzene rings is 2. The molecule has 0 bridgehead atoms. The number of carboxylic acids is 1. The van der Waals surface area contributed by atoms with Crippen molar-refractivity contribution in [1.82, 2.24) is 4.98 Å². The normalized spacial score (nSPS) is 13.6. The molecule has 0 saturated carbocycles. The number of hydrogen-bond acceptors (Lipinski definition) is 8. The molecule has 1 unspecified atom stereocenters. The molecule has 1 N–H and O–H groups in total. The molecule has 0 amide bonds. The fraction of sp³-hybridized carbons (Fsp3) is 0.158. The van der Waals surface area contributed by atoms with Crippen LogP contribution in [0.5, 0.6) is 0 Å². The fourth-order valence-electron chi connectivity index (χ4n) is 3.03. The maximum Gasteiger partial charge on any atom is 0.330 e. The molecule has 1 atom stereocenters. The number of thiazole rings is 1. The summed E-state index contributed by atoms with van der Waals surface area (Å²) in [5, 5.41) is 29.8. The number of rotatable bonds is 6. The van der Waals surface area contributed by atoms with Crippen molar-refractivity contribution in [1.29, 1.82) is 0 Å². The molecular weight excluding hydrogens is 483 g/mol. The Labute approximate surface area is 194 Å². The summed E-state index contributed by atoms with van der Waals surface area (Å²) >= 11 is 15.2. The number of hydrogen-bond donors (Lipinski definition) is 1. The van der Waals surface area contributed by atoms with Crippen molar-refractivity contribution >= 4 is 63.1 Å². The predicted molar refractivity (Wildman–Crippen MR) is 120 cm³/mol. The Kier molecular flexibility index (Phi) is 6.24. The van der Waals surface area contributed by atoms with Crippen LogP contribution >= 0.6 is 46.3 Å². The molecule has 1 aliphatic heterocycles. The van der Waals surface area contributed by atoms with E-state index in [9.17, 15) is 20.0 Å². The summed E-state index contributed by atoms with van der Waals surface area (Å²) in [7, 11) is 0. The standard InChI is InChI=1S/C19H12Cl2N4O4S2/c20-11-6-10-15(7-12(11)21)30-8-16-17(10)22-19(31-16)24-23-13(18(26)27)5-9-3-1-2-4-14(9)25(28)29/h1-4,6-7,13H,5,8H2,(H,26,27). The van der Waals surface area contributed by atoms with Crippen molar-refractivity contribution in [2.24, 2.45) is 10.2 Å². The molecule has 1 aromatic heterocycles. The van der Waals surface area contributed by atoms with E-state index in [1.807, 2.05) is 0 Å². The van der Waals surface area contributed by atoms with Crippen LogP contribution in [0.4, 0.5) is 10.8 Å². The lowest BCUT2D eigenvalue weighted by atomic mass is 10.0. The van der Waals surface area contributed by atoms with Gasteiger partial charge in [0.05, 0.1) is 20.7 Å². The maximum atomic E-state index is 11.7. The van der Waals surface area contributed by atoms with Crippen LogP contribution in [-0.2, 0) is 17.0 Å². The van der Waals surface area contributed by atoms with Crippen molar-refractivity contribution in [3.05, 3.63) is 67.0 Å². The Hall–Kier alpha value is -2.53. The van der Waals surface area contributed by atoms with E-state index >= 15 is 0 Å². The summed E-state index contributed by atoms with van der Waals surface area (Å²) in [6.45, 7) is 0. The molecule has 2 heterocycles. The molecule has 0 aliphatic carbocycles. The Morgan fingerprint density at radius 3 is 2.77 bits per heavy atom. The van der Waals surface area contributed by atoms with E-state index in [1.165, 1.54) is 29.5 Å². The van der Waals surface area contributed by atoms with E-state index in [4.69, 9.17) is 23.2 Å². The molecule has 0 saturated heterocycles.